The lowest BCUT2D eigenvalue weighted by molar-refractivity contribution is -0.122. The molecule has 2 fully saturated rings. The summed E-state index contributed by atoms with van der Waals surface area (Å²) in [5, 5.41) is 5.78. The fraction of sp³-hybridized carbons (Fsp3) is 0.579. The van der Waals surface area contributed by atoms with Crippen molar-refractivity contribution in [2.75, 3.05) is 43.5 Å². The number of nitrogens with two attached hydrogens (primary N) is 1. The second kappa shape index (κ2) is 8.62. The first-order valence-corrected chi connectivity index (χ1v) is 9.35. The molecule has 0 spiro atoms. The van der Waals surface area contributed by atoms with E-state index in [4.69, 9.17) is 10.5 Å². The average molecular weight is 360 g/mol. The van der Waals surface area contributed by atoms with E-state index in [9.17, 15) is 9.59 Å². The predicted molar refractivity (Wildman–Crippen MR) is 101 cm³/mol. The van der Waals surface area contributed by atoms with Crippen molar-refractivity contribution in [1.82, 2.24) is 4.90 Å². The van der Waals surface area contributed by atoms with Crippen LogP contribution in [0.15, 0.2) is 24.3 Å². The van der Waals surface area contributed by atoms with Gasteiger partial charge in [0.25, 0.3) is 0 Å². The van der Waals surface area contributed by atoms with Crippen LogP contribution in [0.1, 0.15) is 32.1 Å². The van der Waals surface area contributed by atoms with Gasteiger partial charge in [-0.1, -0.05) is 19.3 Å². The summed E-state index contributed by atoms with van der Waals surface area (Å²) in [6.07, 6.45) is 4.60. The van der Waals surface area contributed by atoms with Gasteiger partial charge in [-0.05, 0) is 37.1 Å². The lowest BCUT2D eigenvalue weighted by Gasteiger charge is -2.31. The number of nitrogens with one attached hydrogen (secondary N) is 2. The summed E-state index contributed by atoms with van der Waals surface area (Å²) in [6.45, 7) is 3.25. The summed E-state index contributed by atoms with van der Waals surface area (Å²) < 4.78 is 5.28. The summed E-state index contributed by atoms with van der Waals surface area (Å²) in [7, 11) is 0. The van der Waals surface area contributed by atoms with Gasteiger partial charge in [-0.25, -0.2) is 0 Å². The Morgan fingerprint density at radius 2 is 1.58 bits per heavy atom. The number of anilines is 2. The van der Waals surface area contributed by atoms with Crippen LogP contribution in [0, 0.1) is 0 Å². The van der Waals surface area contributed by atoms with E-state index in [1.54, 1.807) is 24.3 Å². The lowest BCUT2D eigenvalue weighted by atomic mass is 9.82. The molecule has 0 bridgehead atoms. The Bertz CT molecular complexity index is 620. The quantitative estimate of drug-likeness (QED) is 0.740. The van der Waals surface area contributed by atoms with E-state index in [0.717, 1.165) is 45.2 Å². The van der Waals surface area contributed by atoms with Crippen molar-refractivity contribution in [2.45, 2.75) is 37.6 Å². The largest absolute Gasteiger partial charge is 0.379 e. The third kappa shape index (κ3) is 5.03. The summed E-state index contributed by atoms with van der Waals surface area (Å²) in [4.78, 5) is 26.6. The van der Waals surface area contributed by atoms with E-state index < -0.39 is 5.54 Å². The van der Waals surface area contributed by atoms with Gasteiger partial charge in [-0.3, -0.25) is 14.5 Å². The molecule has 4 N–H and O–H groups in total. The molecule has 2 amide bonds. The minimum atomic E-state index is -0.761. The van der Waals surface area contributed by atoms with Crippen molar-refractivity contribution < 1.29 is 14.3 Å². The molecule has 0 atom stereocenters. The van der Waals surface area contributed by atoms with Crippen LogP contribution in [-0.2, 0) is 14.3 Å². The molecule has 26 heavy (non-hydrogen) atoms. The minimum Gasteiger partial charge on any atom is -0.379 e. The fourth-order valence-corrected chi connectivity index (χ4v) is 3.47. The molecule has 0 radical (unpaired) electrons. The number of morpholine rings is 1. The Morgan fingerprint density at radius 3 is 2.19 bits per heavy atom. The lowest BCUT2D eigenvalue weighted by Crippen LogP contribution is -2.52. The maximum atomic E-state index is 12.5. The van der Waals surface area contributed by atoms with Gasteiger partial charge in [-0.2, -0.15) is 0 Å². The average Bonchev–Trinajstić information content (AvgIpc) is 2.64. The molecule has 1 aromatic rings. The van der Waals surface area contributed by atoms with Crippen LogP contribution in [0.3, 0.4) is 0 Å². The number of rotatable bonds is 5. The van der Waals surface area contributed by atoms with Gasteiger partial charge in [0.05, 0.1) is 25.3 Å². The van der Waals surface area contributed by atoms with E-state index in [0.29, 0.717) is 31.1 Å². The smallest absolute Gasteiger partial charge is 0.244 e. The van der Waals surface area contributed by atoms with Gasteiger partial charge in [0, 0.05) is 24.5 Å². The summed E-state index contributed by atoms with van der Waals surface area (Å²) in [6, 6.07) is 7.15. The van der Waals surface area contributed by atoms with Crippen LogP contribution in [0.25, 0.3) is 0 Å². The molecular weight excluding hydrogens is 332 g/mol. The van der Waals surface area contributed by atoms with Gasteiger partial charge < -0.3 is 21.1 Å². The van der Waals surface area contributed by atoms with Crippen molar-refractivity contribution in [3.63, 3.8) is 0 Å². The molecule has 0 unspecified atom stereocenters. The number of hydrogen-bond acceptors (Lipinski definition) is 5. The first kappa shape index (κ1) is 18.8. The van der Waals surface area contributed by atoms with Crippen LogP contribution in [0.4, 0.5) is 11.4 Å². The normalized spacial score (nSPS) is 20.3. The van der Waals surface area contributed by atoms with Crippen molar-refractivity contribution in [1.29, 1.82) is 0 Å². The molecule has 1 saturated carbocycles. The van der Waals surface area contributed by atoms with Crippen LogP contribution < -0.4 is 16.4 Å². The highest BCUT2D eigenvalue weighted by molar-refractivity contribution is 5.98. The topological polar surface area (TPSA) is 96.7 Å². The van der Waals surface area contributed by atoms with Gasteiger partial charge in [0.1, 0.15) is 0 Å². The number of ether oxygens (including phenoxy) is 1. The zero-order chi connectivity index (χ0) is 18.4. The number of amides is 2. The first-order valence-electron chi connectivity index (χ1n) is 9.35. The summed E-state index contributed by atoms with van der Waals surface area (Å²) in [5.74, 6) is -0.173. The predicted octanol–water partition coefficient (Wildman–Crippen LogP) is 1.56. The molecule has 7 heteroatoms. The molecule has 1 aliphatic heterocycles. The molecule has 1 saturated heterocycles. The highest BCUT2D eigenvalue weighted by atomic mass is 16.5. The maximum Gasteiger partial charge on any atom is 0.244 e. The molecule has 1 aliphatic carbocycles. The van der Waals surface area contributed by atoms with Crippen molar-refractivity contribution >= 4 is 23.2 Å². The molecule has 2 aliphatic rings. The molecule has 7 nitrogen and oxygen atoms in total. The number of benzene rings is 1. The Kier molecular flexibility index (Phi) is 6.24. The zero-order valence-electron chi connectivity index (χ0n) is 15.1. The van der Waals surface area contributed by atoms with Crippen molar-refractivity contribution in [2.24, 2.45) is 5.73 Å². The molecular formula is C19H28N4O3. The zero-order valence-corrected chi connectivity index (χ0v) is 15.1. The Hall–Kier alpha value is -1.96. The SMILES string of the molecule is NC1(C(=O)Nc2ccc(NC(=O)CN3CCOCC3)cc2)CCCCC1. The molecule has 0 aromatic heterocycles. The van der Waals surface area contributed by atoms with Gasteiger partial charge >= 0.3 is 0 Å². The van der Waals surface area contributed by atoms with Crippen molar-refractivity contribution in [3.8, 4) is 0 Å². The Balaban J connectivity index is 1.49. The van der Waals surface area contributed by atoms with Crippen LogP contribution in [0.5, 0.6) is 0 Å². The number of carbonyl (C=O) groups excluding carboxylic acids is 2. The molecule has 3 rings (SSSR count). The number of carbonyl (C=O) groups is 2. The minimum absolute atomic E-state index is 0.0493. The van der Waals surface area contributed by atoms with Crippen LogP contribution >= 0.6 is 0 Å². The fourth-order valence-electron chi connectivity index (χ4n) is 3.47. The second-order valence-corrected chi connectivity index (χ2v) is 7.18. The van der Waals surface area contributed by atoms with Gasteiger partial charge in [-0.15, -0.1) is 0 Å². The van der Waals surface area contributed by atoms with E-state index in [2.05, 4.69) is 15.5 Å². The molecule has 1 aromatic carbocycles. The van der Waals surface area contributed by atoms with E-state index >= 15 is 0 Å². The number of hydrogen-bond donors (Lipinski definition) is 3. The molecule has 142 valence electrons. The first-order chi connectivity index (χ1) is 12.5. The maximum absolute atomic E-state index is 12.5. The van der Waals surface area contributed by atoms with E-state index in [1.807, 2.05) is 0 Å². The summed E-state index contributed by atoms with van der Waals surface area (Å²) in [5.41, 5.74) is 6.89. The number of nitrogens with zero attached hydrogens (tertiary/aromatic N) is 1. The van der Waals surface area contributed by atoms with Gasteiger partial charge in [0.15, 0.2) is 0 Å². The highest BCUT2D eigenvalue weighted by Crippen LogP contribution is 2.27. The monoisotopic (exact) mass is 360 g/mol. The Morgan fingerprint density at radius 1 is 1.00 bits per heavy atom. The van der Waals surface area contributed by atoms with E-state index in [1.165, 1.54) is 0 Å². The summed E-state index contributed by atoms with van der Waals surface area (Å²) >= 11 is 0. The highest BCUT2D eigenvalue weighted by Gasteiger charge is 2.35. The van der Waals surface area contributed by atoms with E-state index in [-0.39, 0.29) is 11.8 Å². The van der Waals surface area contributed by atoms with Crippen molar-refractivity contribution in [3.05, 3.63) is 24.3 Å². The second-order valence-electron chi connectivity index (χ2n) is 7.18. The third-order valence-corrected chi connectivity index (χ3v) is 5.10. The van der Waals surface area contributed by atoms with Gasteiger partial charge in [0.2, 0.25) is 11.8 Å². The Labute approximate surface area is 154 Å². The molecule has 1 heterocycles. The standard InChI is InChI=1S/C19H28N4O3/c20-19(8-2-1-3-9-19)18(25)22-16-6-4-15(5-7-16)21-17(24)14-23-10-12-26-13-11-23/h4-7H,1-3,8-14,20H2,(H,21,24)(H,22,25). The van der Waals surface area contributed by atoms with Crippen LogP contribution in [0.2, 0.25) is 0 Å². The van der Waals surface area contributed by atoms with Crippen LogP contribution in [-0.4, -0.2) is 55.1 Å². The third-order valence-electron chi connectivity index (χ3n) is 5.10.